The van der Waals surface area contributed by atoms with Crippen LogP contribution in [0.2, 0.25) is 0 Å². The fourth-order valence-corrected chi connectivity index (χ4v) is 2.86. The lowest BCUT2D eigenvalue weighted by molar-refractivity contribution is -0.676. The first-order valence-electron chi connectivity index (χ1n) is 6.10. The van der Waals surface area contributed by atoms with Gasteiger partial charge in [-0.05, 0) is 24.1 Å². The second kappa shape index (κ2) is 4.46. The van der Waals surface area contributed by atoms with Gasteiger partial charge in [-0.3, -0.25) is 0 Å². The van der Waals surface area contributed by atoms with Crippen LogP contribution in [0.3, 0.4) is 0 Å². The molecule has 0 spiro atoms. The van der Waals surface area contributed by atoms with Crippen molar-refractivity contribution in [3.8, 4) is 5.75 Å². The second-order valence-electron chi connectivity index (χ2n) is 5.33. The zero-order chi connectivity index (χ0) is 11.6. The number of rotatable bonds is 2. The van der Waals surface area contributed by atoms with Crippen LogP contribution in [-0.2, 0) is 5.41 Å². The van der Waals surface area contributed by atoms with Crippen molar-refractivity contribution in [3.63, 3.8) is 0 Å². The van der Waals surface area contributed by atoms with Crippen molar-refractivity contribution in [2.24, 2.45) is 5.92 Å². The van der Waals surface area contributed by atoms with Gasteiger partial charge in [-0.2, -0.15) is 0 Å². The molecule has 1 aliphatic rings. The second-order valence-corrected chi connectivity index (χ2v) is 5.33. The van der Waals surface area contributed by atoms with Crippen LogP contribution in [0.25, 0.3) is 0 Å². The fraction of sp³-hybridized carbons (Fsp3) is 0.571. The molecule has 16 heavy (non-hydrogen) atoms. The summed E-state index contributed by atoms with van der Waals surface area (Å²) in [5, 5.41) is 2.44. The van der Waals surface area contributed by atoms with Crippen LogP contribution in [0.1, 0.15) is 25.8 Å². The minimum atomic E-state index is 0.298. The molecule has 0 radical (unpaired) electrons. The van der Waals surface area contributed by atoms with Crippen molar-refractivity contribution in [3.05, 3.63) is 29.8 Å². The van der Waals surface area contributed by atoms with E-state index in [2.05, 4.69) is 37.4 Å². The van der Waals surface area contributed by atoms with Crippen molar-refractivity contribution in [2.75, 3.05) is 20.2 Å². The standard InChI is InChI=1S/C14H21NO/c1-11-8-14(2,10-15-9-11)12-5-4-6-13(7-12)16-3/h4-7,11,15H,8-10H2,1-3H3/p+1/t11-,14+/m1/s1. The van der Waals surface area contributed by atoms with Crippen molar-refractivity contribution < 1.29 is 10.1 Å². The van der Waals surface area contributed by atoms with Crippen molar-refractivity contribution >= 4 is 0 Å². The summed E-state index contributed by atoms with van der Waals surface area (Å²) in [5.41, 5.74) is 1.71. The number of quaternary nitrogens is 1. The minimum absolute atomic E-state index is 0.298. The first kappa shape index (κ1) is 11.5. The summed E-state index contributed by atoms with van der Waals surface area (Å²) in [7, 11) is 1.73. The summed E-state index contributed by atoms with van der Waals surface area (Å²) >= 11 is 0. The Hall–Kier alpha value is -1.02. The Morgan fingerprint density at radius 3 is 2.94 bits per heavy atom. The topological polar surface area (TPSA) is 25.8 Å². The fourth-order valence-electron chi connectivity index (χ4n) is 2.86. The van der Waals surface area contributed by atoms with Gasteiger partial charge in [-0.25, -0.2) is 0 Å². The molecule has 1 fully saturated rings. The largest absolute Gasteiger partial charge is 0.497 e. The van der Waals surface area contributed by atoms with Crippen LogP contribution in [-0.4, -0.2) is 20.2 Å². The molecule has 1 aliphatic heterocycles. The van der Waals surface area contributed by atoms with E-state index in [1.807, 2.05) is 6.07 Å². The molecule has 0 saturated carbocycles. The lowest BCUT2D eigenvalue weighted by Crippen LogP contribution is -2.90. The van der Waals surface area contributed by atoms with Gasteiger partial charge in [0.15, 0.2) is 0 Å². The van der Waals surface area contributed by atoms with Gasteiger partial charge in [0.2, 0.25) is 0 Å². The van der Waals surface area contributed by atoms with E-state index in [0.717, 1.165) is 11.7 Å². The highest BCUT2D eigenvalue weighted by Crippen LogP contribution is 2.32. The van der Waals surface area contributed by atoms with E-state index in [9.17, 15) is 0 Å². The quantitative estimate of drug-likeness (QED) is 0.804. The third kappa shape index (κ3) is 2.22. The number of piperidine rings is 1. The van der Waals surface area contributed by atoms with Crippen LogP contribution in [0.5, 0.6) is 5.75 Å². The summed E-state index contributed by atoms with van der Waals surface area (Å²) in [6.07, 6.45) is 1.27. The Morgan fingerprint density at radius 1 is 1.44 bits per heavy atom. The molecular formula is C14H22NO+. The Morgan fingerprint density at radius 2 is 2.25 bits per heavy atom. The molecule has 1 aromatic rings. The Labute approximate surface area is 98.0 Å². The van der Waals surface area contributed by atoms with Crippen LogP contribution in [0, 0.1) is 5.92 Å². The zero-order valence-electron chi connectivity index (χ0n) is 10.5. The molecule has 2 heteroatoms. The Kier molecular flexibility index (Phi) is 3.20. The monoisotopic (exact) mass is 220 g/mol. The molecular weight excluding hydrogens is 198 g/mol. The predicted octanol–water partition coefficient (Wildman–Crippen LogP) is 1.56. The van der Waals surface area contributed by atoms with Gasteiger partial charge in [0.1, 0.15) is 5.75 Å². The molecule has 0 aliphatic carbocycles. The number of methoxy groups -OCH3 is 1. The summed E-state index contributed by atoms with van der Waals surface area (Å²) in [4.78, 5) is 0. The average molecular weight is 220 g/mol. The highest BCUT2D eigenvalue weighted by Gasteiger charge is 2.34. The molecule has 88 valence electrons. The van der Waals surface area contributed by atoms with E-state index in [4.69, 9.17) is 4.74 Å². The highest BCUT2D eigenvalue weighted by molar-refractivity contribution is 5.33. The lowest BCUT2D eigenvalue weighted by atomic mass is 9.73. The summed E-state index contributed by atoms with van der Waals surface area (Å²) in [6.45, 7) is 7.16. The summed E-state index contributed by atoms with van der Waals surface area (Å²) in [5.74, 6) is 1.77. The third-order valence-corrected chi connectivity index (χ3v) is 3.73. The van der Waals surface area contributed by atoms with E-state index in [0.29, 0.717) is 5.41 Å². The van der Waals surface area contributed by atoms with E-state index < -0.39 is 0 Å². The van der Waals surface area contributed by atoms with Gasteiger partial charge in [0.25, 0.3) is 0 Å². The number of nitrogens with two attached hydrogens (primary N) is 1. The maximum absolute atomic E-state index is 5.31. The Bertz CT molecular complexity index is 364. The van der Waals surface area contributed by atoms with Gasteiger partial charge in [0, 0.05) is 11.3 Å². The molecule has 0 bridgehead atoms. The maximum atomic E-state index is 5.31. The smallest absolute Gasteiger partial charge is 0.119 e. The molecule has 0 aromatic heterocycles. The van der Waals surface area contributed by atoms with E-state index in [1.54, 1.807) is 7.11 Å². The molecule has 2 atom stereocenters. The van der Waals surface area contributed by atoms with Crippen molar-refractivity contribution in [1.29, 1.82) is 0 Å². The molecule has 1 heterocycles. The number of benzene rings is 1. The SMILES string of the molecule is COc1cccc([C@]2(C)C[NH2+]C[C@H](C)C2)c1. The Balaban J connectivity index is 2.27. The van der Waals surface area contributed by atoms with Crippen molar-refractivity contribution in [1.82, 2.24) is 0 Å². The van der Waals surface area contributed by atoms with Gasteiger partial charge < -0.3 is 10.1 Å². The highest BCUT2D eigenvalue weighted by atomic mass is 16.5. The van der Waals surface area contributed by atoms with Gasteiger partial charge in [0.05, 0.1) is 20.2 Å². The molecule has 1 aromatic carbocycles. The molecule has 0 unspecified atom stereocenters. The molecule has 0 amide bonds. The zero-order valence-corrected chi connectivity index (χ0v) is 10.5. The first-order chi connectivity index (χ1) is 7.64. The normalized spacial score (nSPS) is 30.1. The number of ether oxygens (including phenoxy) is 1. The van der Waals surface area contributed by atoms with Crippen LogP contribution in [0.15, 0.2) is 24.3 Å². The average Bonchev–Trinajstić information content (AvgIpc) is 2.29. The molecule has 2 nitrogen and oxygen atoms in total. The van der Waals surface area contributed by atoms with Gasteiger partial charge in [-0.15, -0.1) is 0 Å². The van der Waals surface area contributed by atoms with Crippen LogP contribution < -0.4 is 10.1 Å². The van der Waals surface area contributed by atoms with Crippen molar-refractivity contribution in [2.45, 2.75) is 25.7 Å². The van der Waals surface area contributed by atoms with E-state index >= 15 is 0 Å². The molecule has 1 saturated heterocycles. The van der Waals surface area contributed by atoms with E-state index in [1.165, 1.54) is 25.1 Å². The lowest BCUT2D eigenvalue weighted by Gasteiger charge is -2.35. The predicted molar refractivity (Wildman–Crippen MR) is 65.8 cm³/mol. The maximum Gasteiger partial charge on any atom is 0.119 e. The van der Waals surface area contributed by atoms with Gasteiger partial charge in [-0.1, -0.05) is 26.0 Å². The summed E-state index contributed by atoms with van der Waals surface area (Å²) < 4.78 is 5.31. The molecule has 2 N–H and O–H groups in total. The first-order valence-corrected chi connectivity index (χ1v) is 6.10. The molecule has 2 rings (SSSR count). The summed E-state index contributed by atoms with van der Waals surface area (Å²) in [6, 6.07) is 8.53. The number of hydrogen-bond acceptors (Lipinski definition) is 1. The number of hydrogen-bond donors (Lipinski definition) is 1. The third-order valence-electron chi connectivity index (χ3n) is 3.73. The minimum Gasteiger partial charge on any atom is -0.497 e. The van der Waals surface area contributed by atoms with Crippen LogP contribution in [0.4, 0.5) is 0 Å². The van der Waals surface area contributed by atoms with Gasteiger partial charge >= 0.3 is 0 Å². The van der Waals surface area contributed by atoms with E-state index in [-0.39, 0.29) is 0 Å². The van der Waals surface area contributed by atoms with Crippen LogP contribution >= 0.6 is 0 Å².